The maximum atomic E-state index is 8.37. The zero-order valence-corrected chi connectivity index (χ0v) is 14.8. The first-order valence-electron chi connectivity index (χ1n) is 8.20. The molecule has 0 aliphatic carbocycles. The van der Waals surface area contributed by atoms with E-state index in [1.165, 1.54) is 0 Å². The monoisotopic (exact) mass is 382 g/mol. The van der Waals surface area contributed by atoms with Crippen molar-refractivity contribution < 1.29 is 7.48 Å². The zero-order chi connectivity index (χ0) is 18.7. The molecule has 0 saturated heterocycles. The highest BCUT2D eigenvalue weighted by atomic mass is 35.5. The van der Waals surface area contributed by atoms with Gasteiger partial charge in [-0.25, -0.2) is 4.98 Å². The Morgan fingerprint density at radius 1 is 1.08 bits per heavy atom. The minimum Gasteiger partial charge on any atom is -0.367 e. The summed E-state index contributed by atoms with van der Waals surface area (Å²) in [4.78, 5) is 4.01. The molecule has 0 radical (unpaired) electrons. The molecule has 3 aromatic rings. The first-order valence-corrected chi connectivity index (χ1v) is 8.33. The van der Waals surface area contributed by atoms with E-state index in [1.807, 2.05) is 0 Å². The van der Waals surface area contributed by atoms with Crippen molar-refractivity contribution in [3.63, 3.8) is 0 Å². The standard InChI is InChI=1S/C18H15Cl3N2O/c19-14-3-1-13(2-4-14)11-24-18(10-23-8-7-22-12-23)16-6-5-15(20)9-17(16)21/h1-9,12,18H,10-11H2/i11D2. The van der Waals surface area contributed by atoms with E-state index in [0.29, 0.717) is 32.7 Å². The quantitative estimate of drug-likeness (QED) is 0.538. The van der Waals surface area contributed by atoms with Gasteiger partial charge in [-0.3, -0.25) is 0 Å². The van der Waals surface area contributed by atoms with Crippen LogP contribution in [0.4, 0.5) is 0 Å². The molecule has 0 saturated carbocycles. The van der Waals surface area contributed by atoms with Crippen molar-refractivity contribution in [1.82, 2.24) is 9.55 Å². The van der Waals surface area contributed by atoms with Gasteiger partial charge in [0, 0.05) is 33.0 Å². The summed E-state index contributed by atoms with van der Waals surface area (Å²) >= 11 is 18.2. The van der Waals surface area contributed by atoms with E-state index in [2.05, 4.69) is 4.98 Å². The zero-order valence-electron chi connectivity index (χ0n) is 14.5. The molecule has 1 atom stereocenters. The molecule has 24 heavy (non-hydrogen) atoms. The topological polar surface area (TPSA) is 27.1 Å². The largest absolute Gasteiger partial charge is 0.367 e. The maximum absolute atomic E-state index is 8.37. The molecule has 3 nitrogen and oxygen atoms in total. The highest BCUT2D eigenvalue weighted by Gasteiger charge is 2.17. The van der Waals surface area contributed by atoms with Crippen molar-refractivity contribution in [1.29, 1.82) is 0 Å². The molecular formula is C18H15Cl3N2O. The van der Waals surface area contributed by atoms with E-state index in [-0.39, 0.29) is 0 Å². The van der Waals surface area contributed by atoms with Crippen molar-refractivity contribution >= 4 is 34.8 Å². The third-order valence-electron chi connectivity index (χ3n) is 3.41. The van der Waals surface area contributed by atoms with Crippen LogP contribution in [0.3, 0.4) is 0 Å². The summed E-state index contributed by atoms with van der Waals surface area (Å²) in [6.45, 7) is -1.70. The summed E-state index contributed by atoms with van der Waals surface area (Å²) in [5, 5.41) is 1.44. The Morgan fingerprint density at radius 3 is 2.50 bits per heavy atom. The van der Waals surface area contributed by atoms with Crippen LogP contribution in [-0.2, 0) is 17.8 Å². The van der Waals surface area contributed by atoms with Gasteiger partial charge in [-0.05, 0) is 29.8 Å². The summed E-state index contributed by atoms with van der Waals surface area (Å²) in [7, 11) is 0. The predicted molar refractivity (Wildman–Crippen MR) is 97.7 cm³/mol. The number of benzene rings is 2. The van der Waals surface area contributed by atoms with E-state index in [0.717, 1.165) is 0 Å². The lowest BCUT2D eigenvalue weighted by molar-refractivity contribution is 0.0280. The second-order valence-electron chi connectivity index (χ2n) is 5.14. The highest BCUT2D eigenvalue weighted by Crippen LogP contribution is 2.30. The third-order valence-corrected chi connectivity index (χ3v) is 4.22. The van der Waals surface area contributed by atoms with Gasteiger partial charge >= 0.3 is 0 Å². The van der Waals surface area contributed by atoms with Gasteiger partial charge in [0.05, 0.1) is 22.2 Å². The molecule has 6 heteroatoms. The molecule has 0 aliphatic heterocycles. The second-order valence-corrected chi connectivity index (χ2v) is 6.42. The summed E-state index contributed by atoms with van der Waals surface area (Å²) in [5.41, 5.74) is 1.00. The summed E-state index contributed by atoms with van der Waals surface area (Å²) in [5.74, 6) is 0. The SMILES string of the molecule is [2H]C([2H])(OC(Cn1ccnc1)c1ccc(Cl)cc1Cl)c1ccc(Cl)cc1. The molecule has 1 aromatic heterocycles. The van der Waals surface area contributed by atoms with Crippen LogP contribution in [0.1, 0.15) is 20.0 Å². The van der Waals surface area contributed by atoms with Gasteiger partial charge in [-0.1, -0.05) is 53.0 Å². The Morgan fingerprint density at radius 2 is 1.83 bits per heavy atom. The number of nitrogens with zero attached hydrogens (tertiary/aromatic N) is 2. The van der Waals surface area contributed by atoms with E-state index in [4.69, 9.17) is 42.3 Å². The fourth-order valence-corrected chi connectivity index (χ4v) is 2.86. The minimum absolute atomic E-state index is 0.342. The van der Waals surface area contributed by atoms with Gasteiger partial charge in [0.2, 0.25) is 0 Å². The van der Waals surface area contributed by atoms with E-state index >= 15 is 0 Å². The molecule has 0 aliphatic rings. The summed E-state index contributed by atoms with van der Waals surface area (Å²) < 4.78 is 24.4. The molecule has 0 amide bonds. The lowest BCUT2D eigenvalue weighted by Crippen LogP contribution is -2.12. The van der Waals surface area contributed by atoms with Crippen LogP contribution < -0.4 is 0 Å². The molecule has 0 fully saturated rings. The van der Waals surface area contributed by atoms with Crippen molar-refractivity contribution in [2.45, 2.75) is 19.2 Å². The third kappa shape index (κ3) is 4.52. The summed E-state index contributed by atoms with van der Waals surface area (Å²) in [6.07, 6.45) is 4.41. The molecule has 0 N–H and O–H groups in total. The van der Waals surface area contributed by atoms with Gasteiger partial charge in [-0.15, -0.1) is 0 Å². The second kappa shape index (κ2) is 8.04. The number of aromatic nitrogens is 2. The first-order chi connectivity index (χ1) is 12.3. The van der Waals surface area contributed by atoms with Gasteiger partial charge in [0.1, 0.15) is 6.10 Å². The fraction of sp³-hybridized carbons (Fsp3) is 0.167. The van der Waals surface area contributed by atoms with E-state index in [1.54, 1.807) is 65.8 Å². The molecule has 124 valence electrons. The Hall–Kier alpha value is -1.52. The van der Waals surface area contributed by atoms with E-state index < -0.39 is 12.7 Å². The summed E-state index contributed by atoms with van der Waals surface area (Å²) in [6, 6.07) is 11.5. The lowest BCUT2D eigenvalue weighted by atomic mass is 10.1. The molecule has 2 aromatic carbocycles. The molecule has 1 heterocycles. The lowest BCUT2D eigenvalue weighted by Gasteiger charge is -2.20. The van der Waals surface area contributed by atoms with Crippen molar-refractivity contribution in [3.05, 3.63) is 87.4 Å². The van der Waals surface area contributed by atoms with Crippen LogP contribution >= 0.6 is 34.8 Å². The van der Waals surface area contributed by atoms with Crippen molar-refractivity contribution in [2.75, 3.05) is 0 Å². The Labute approximate surface area is 158 Å². The van der Waals surface area contributed by atoms with Gasteiger partial charge < -0.3 is 9.30 Å². The smallest absolute Gasteiger partial charge is 0.102 e. The number of ether oxygens (including phenoxy) is 1. The molecule has 0 bridgehead atoms. The first kappa shape index (κ1) is 14.8. The molecular weight excluding hydrogens is 367 g/mol. The van der Waals surface area contributed by atoms with Crippen molar-refractivity contribution in [2.24, 2.45) is 0 Å². The van der Waals surface area contributed by atoms with Crippen LogP contribution in [0.25, 0.3) is 0 Å². The van der Waals surface area contributed by atoms with Gasteiger partial charge in [-0.2, -0.15) is 0 Å². The van der Waals surface area contributed by atoms with Crippen LogP contribution in [-0.4, -0.2) is 9.55 Å². The Kier molecular flexibility index (Phi) is 4.95. The van der Waals surface area contributed by atoms with Crippen molar-refractivity contribution in [3.8, 4) is 0 Å². The molecule has 0 spiro atoms. The number of hydrogen-bond acceptors (Lipinski definition) is 2. The number of imidazole rings is 1. The predicted octanol–water partition coefficient (Wildman–Crippen LogP) is 5.80. The van der Waals surface area contributed by atoms with Crippen LogP contribution in [0.15, 0.2) is 61.2 Å². The van der Waals surface area contributed by atoms with Gasteiger partial charge in [0.25, 0.3) is 0 Å². The molecule has 3 rings (SSSR count). The minimum atomic E-state index is -2.04. The normalized spacial score (nSPS) is 14.1. The maximum Gasteiger partial charge on any atom is 0.102 e. The highest BCUT2D eigenvalue weighted by molar-refractivity contribution is 6.35. The fourth-order valence-electron chi connectivity index (χ4n) is 2.21. The average Bonchev–Trinajstić information content (AvgIpc) is 3.07. The number of rotatable bonds is 6. The van der Waals surface area contributed by atoms with E-state index in [9.17, 15) is 0 Å². The van der Waals surface area contributed by atoms with Crippen LogP contribution in [0.5, 0.6) is 0 Å². The van der Waals surface area contributed by atoms with Crippen LogP contribution in [0.2, 0.25) is 15.1 Å². The number of halogens is 3. The Bertz CT molecular complexity index is 871. The Balaban J connectivity index is 1.93. The van der Waals surface area contributed by atoms with Crippen LogP contribution in [0, 0.1) is 0 Å². The molecule has 1 unspecified atom stereocenters. The average molecular weight is 384 g/mol. The number of hydrogen-bond donors (Lipinski definition) is 0. The van der Waals surface area contributed by atoms with Gasteiger partial charge in [0.15, 0.2) is 0 Å².